The highest BCUT2D eigenvalue weighted by atomic mass is 19.1. The highest BCUT2D eigenvalue weighted by molar-refractivity contribution is 6.07. The summed E-state index contributed by atoms with van der Waals surface area (Å²) < 4.78 is 17.0. The molecule has 2 aromatic carbocycles. The second-order valence-corrected chi connectivity index (χ2v) is 11.3. The van der Waals surface area contributed by atoms with Crippen LogP contribution in [-0.2, 0) is 13.5 Å². The Bertz CT molecular complexity index is 1330. The lowest BCUT2D eigenvalue weighted by Crippen LogP contribution is -2.37. The Labute approximate surface area is 218 Å². The summed E-state index contributed by atoms with van der Waals surface area (Å²) in [5.41, 5.74) is 4.94. The van der Waals surface area contributed by atoms with E-state index in [4.69, 9.17) is 0 Å². The Morgan fingerprint density at radius 2 is 1.95 bits per heavy atom. The predicted molar refractivity (Wildman–Crippen MR) is 143 cm³/mol. The van der Waals surface area contributed by atoms with Gasteiger partial charge in [0.25, 0.3) is 5.91 Å². The molecule has 2 saturated heterocycles. The molecular formula is C30H37FN4O2. The summed E-state index contributed by atoms with van der Waals surface area (Å²) in [5, 5.41) is 10.9. The van der Waals surface area contributed by atoms with E-state index in [1.807, 2.05) is 30.1 Å². The molecule has 37 heavy (non-hydrogen) atoms. The topological polar surface area (TPSA) is 52.0 Å². The largest absolute Gasteiger partial charge is 0.394 e. The molecule has 3 heterocycles. The lowest BCUT2D eigenvalue weighted by molar-refractivity contribution is 0.0679. The van der Waals surface area contributed by atoms with E-state index in [0.717, 1.165) is 60.8 Å². The molecule has 2 aliphatic heterocycles. The number of aliphatic hydroxyl groups is 1. The Kier molecular flexibility index (Phi) is 6.33. The van der Waals surface area contributed by atoms with Crippen LogP contribution in [0.15, 0.2) is 42.6 Å². The van der Waals surface area contributed by atoms with Crippen LogP contribution < -0.4 is 0 Å². The zero-order chi connectivity index (χ0) is 25.8. The average Bonchev–Trinajstić information content (AvgIpc) is 3.67. The van der Waals surface area contributed by atoms with Crippen LogP contribution in [0.5, 0.6) is 0 Å². The number of hydrogen-bond donors (Lipinski definition) is 1. The van der Waals surface area contributed by atoms with E-state index in [-0.39, 0.29) is 42.4 Å². The van der Waals surface area contributed by atoms with E-state index in [0.29, 0.717) is 12.1 Å². The molecule has 1 N–H and O–H groups in total. The molecule has 0 saturated carbocycles. The van der Waals surface area contributed by atoms with E-state index in [2.05, 4.69) is 46.8 Å². The number of aliphatic hydroxyl groups excluding tert-OH is 1. The van der Waals surface area contributed by atoms with E-state index >= 15 is 0 Å². The van der Waals surface area contributed by atoms with E-state index in [1.54, 1.807) is 6.07 Å². The summed E-state index contributed by atoms with van der Waals surface area (Å²) in [7, 11) is 6.29. The average molecular weight is 505 g/mol. The van der Waals surface area contributed by atoms with Crippen molar-refractivity contribution in [2.45, 2.75) is 49.7 Å². The molecule has 3 aliphatic rings. The van der Waals surface area contributed by atoms with Crippen molar-refractivity contribution < 1.29 is 14.3 Å². The maximum atomic E-state index is 14.9. The molecule has 0 bridgehead atoms. The van der Waals surface area contributed by atoms with Crippen molar-refractivity contribution in [3.63, 3.8) is 0 Å². The molecule has 1 unspecified atom stereocenters. The number of carbonyl (C=O) groups excluding carboxylic acids is 1. The number of para-hydroxylation sites is 1. The van der Waals surface area contributed by atoms with E-state index in [1.165, 1.54) is 5.56 Å². The standard InChI is InChI=1S/C30H37FN4O2/c1-32(2)27-17-34(26-13-12-19-7-4-11-25(31)28(19)26)16-24(27)23-15-33(3)29-21(23)9-5-10-22(29)30(37)35-14-6-8-20(35)18-36/h4-5,7,9-11,15,20,24,26-27,36H,6,8,12-14,16-18H2,1-3H3/t20-,24+,26?,27-/m0/s1. The fourth-order valence-corrected chi connectivity index (χ4v) is 7.29. The third-order valence-corrected chi connectivity index (χ3v) is 9.10. The van der Waals surface area contributed by atoms with Gasteiger partial charge < -0.3 is 19.5 Å². The number of likely N-dealkylation sites (N-methyl/N-ethyl adjacent to an activating group) is 1. The van der Waals surface area contributed by atoms with Gasteiger partial charge in [-0.05, 0) is 63.0 Å². The Morgan fingerprint density at radius 3 is 2.73 bits per heavy atom. The number of fused-ring (bicyclic) bond motifs is 2. The van der Waals surface area contributed by atoms with Crippen molar-refractivity contribution in [1.82, 2.24) is 19.3 Å². The van der Waals surface area contributed by atoms with Gasteiger partial charge in [0.1, 0.15) is 5.82 Å². The smallest absolute Gasteiger partial charge is 0.256 e. The second-order valence-electron chi connectivity index (χ2n) is 11.3. The number of amides is 1. The van der Waals surface area contributed by atoms with Crippen molar-refractivity contribution in [2.24, 2.45) is 7.05 Å². The summed E-state index contributed by atoms with van der Waals surface area (Å²) in [6, 6.07) is 11.8. The van der Waals surface area contributed by atoms with Gasteiger partial charge >= 0.3 is 0 Å². The van der Waals surface area contributed by atoms with Crippen molar-refractivity contribution in [2.75, 3.05) is 40.3 Å². The Hall–Kier alpha value is -2.74. The number of aryl methyl sites for hydroxylation is 2. The van der Waals surface area contributed by atoms with Crippen LogP contribution in [0, 0.1) is 5.82 Å². The quantitative estimate of drug-likeness (QED) is 0.572. The number of halogens is 1. The van der Waals surface area contributed by atoms with Gasteiger partial charge in [0.2, 0.25) is 0 Å². The summed E-state index contributed by atoms with van der Waals surface area (Å²) >= 11 is 0. The summed E-state index contributed by atoms with van der Waals surface area (Å²) in [6.07, 6.45) is 5.86. The second kappa shape index (κ2) is 9.53. The first-order chi connectivity index (χ1) is 17.9. The summed E-state index contributed by atoms with van der Waals surface area (Å²) in [4.78, 5) is 20.2. The molecule has 0 radical (unpaired) electrons. The van der Waals surface area contributed by atoms with E-state index in [9.17, 15) is 14.3 Å². The Morgan fingerprint density at radius 1 is 1.14 bits per heavy atom. The highest BCUT2D eigenvalue weighted by Gasteiger charge is 2.42. The molecule has 1 amide bonds. The van der Waals surface area contributed by atoms with Crippen molar-refractivity contribution in [3.05, 3.63) is 70.7 Å². The number of aromatic nitrogens is 1. The summed E-state index contributed by atoms with van der Waals surface area (Å²) in [5.74, 6) is 0.170. The number of carbonyl (C=O) groups is 1. The first-order valence-corrected chi connectivity index (χ1v) is 13.6. The lowest BCUT2D eigenvalue weighted by atomic mass is 9.92. The number of nitrogens with zero attached hydrogens (tertiary/aromatic N) is 4. The normalized spacial score (nSPS) is 26.1. The van der Waals surface area contributed by atoms with Gasteiger partial charge in [-0.15, -0.1) is 0 Å². The van der Waals surface area contributed by atoms with Crippen LogP contribution in [0.1, 0.15) is 58.3 Å². The van der Waals surface area contributed by atoms with Crippen LogP contribution in [-0.4, -0.2) is 82.7 Å². The number of hydrogen-bond acceptors (Lipinski definition) is 4. The van der Waals surface area contributed by atoms with Crippen molar-refractivity contribution >= 4 is 16.8 Å². The molecule has 7 heteroatoms. The molecular weight excluding hydrogens is 467 g/mol. The molecule has 4 atom stereocenters. The number of benzene rings is 2. The van der Waals surface area contributed by atoms with Gasteiger partial charge in [-0.25, -0.2) is 4.39 Å². The van der Waals surface area contributed by atoms with Gasteiger partial charge in [-0.2, -0.15) is 0 Å². The fraction of sp³-hybridized carbons (Fsp3) is 0.500. The van der Waals surface area contributed by atoms with Crippen LogP contribution in [0.3, 0.4) is 0 Å². The van der Waals surface area contributed by atoms with Gasteiger partial charge in [-0.1, -0.05) is 24.3 Å². The zero-order valence-electron chi connectivity index (χ0n) is 22.0. The monoisotopic (exact) mass is 504 g/mol. The van der Waals surface area contributed by atoms with Crippen LogP contribution in [0.25, 0.3) is 10.9 Å². The minimum absolute atomic E-state index is 0.00476. The van der Waals surface area contributed by atoms with Crippen LogP contribution in [0.2, 0.25) is 0 Å². The Balaban J connectivity index is 1.36. The molecule has 1 aliphatic carbocycles. The maximum Gasteiger partial charge on any atom is 0.256 e. The van der Waals surface area contributed by atoms with Crippen molar-refractivity contribution in [1.29, 1.82) is 0 Å². The van der Waals surface area contributed by atoms with Gasteiger partial charge in [0, 0.05) is 61.8 Å². The lowest BCUT2D eigenvalue weighted by Gasteiger charge is -2.26. The van der Waals surface area contributed by atoms with Gasteiger partial charge in [0.15, 0.2) is 0 Å². The molecule has 6 rings (SSSR count). The third-order valence-electron chi connectivity index (χ3n) is 9.10. The van der Waals surface area contributed by atoms with Crippen LogP contribution in [0.4, 0.5) is 4.39 Å². The van der Waals surface area contributed by atoms with Crippen LogP contribution >= 0.6 is 0 Å². The van der Waals surface area contributed by atoms with Gasteiger partial charge in [-0.3, -0.25) is 9.69 Å². The molecule has 3 aromatic rings. The maximum absolute atomic E-state index is 14.9. The first-order valence-electron chi connectivity index (χ1n) is 13.6. The van der Waals surface area contributed by atoms with E-state index < -0.39 is 0 Å². The summed E-state index contributed by atoms with van der Waals surface area (Å²) in [6.45, 7) is 2.44. The molecule has 1 aromatic heterocycles. The first kappa shape index (κ1) is 24.6. The fourth-order valence-electron chi connectivity index (χ4n) is 7.29. The number of likely N-dealkylation sites (tertiary alicyclic amines) is 2. The SMILES string of the molecule is CN(C)[C@H]1CN(C2CCc3cccc(F)c32)C[C@@H]1c1cn(C)c2c(C(=O)N3CCC[C@H]3CO)cccc12. The molecule has 2 fully saturated rings. The molecule has 6 nitrogen and oxygen atoms in total. The minimum atomic E-state index is -0.0984. The molecule has 196 valence electrons. The minimum Gasteiger partial charge on any atom is -0.394 e. The van der Waals surface area contributed by atoms with Gasteiger partial charge in [0.05, 0.1) is 23.7 Å². The predicted octanol–water partition coefficient (Wildman–Crippen LogP) is 3.93. The zero-order valence-corrected chi connectivity index (χ0v) is 22.0. The third kappa shape index (κ3) is 3.99. The molecule has 0 spiro atoms. The van der Waals surface area contributed by atoms with Crippen molar-refractivity contribution in [3.8, 4) is 0 Å². The highest BCUT2D eigenvalue weighted by Crippen LogP contribution is 2.44. The number of rotatable bonds is 5.